The molecule has 2 N–H and O–H groups in total. The topological polar surface area (TPSA) is 37.0 Å². The molecule has 0 aliphatic heterocycles. The monoisotopic (exact) mass is 238 g/mol. The maximum Gasteiger partial charge on any atom is 0.387 e. The Morgan fingerprint density at radius 2 is 2.18 bits per heavy atom. The van der Waals surface area contributed by atoms with E-state index in [0.717, 1.165) is 11.3 Å². The number of ether oxygens (including phenoxy) is 1. The number of rotatable bonds is 5. The fourth-order valence-corrected chi connectivity index (χ4v) is 1.45. The molecule has 90 valence electrons. The van der Waals surface area contributed by atoms with Gasteiger partial charge in [0.2, 0.25) is 0 Å². The molecule has 0 fully saturated rings. The van der Waals surface area contributed by atoms with Crippen molar-refractivity contribution in [3.8, 4) is 5.75 Å². The lowest BCUT2D eigenvalue weighted by atomic mass is 10.3. The number of aromatic nitrogens is 1. The summed E-state index contributed by atoms with van der Waals surface area (Å²) in [5, 5.41) is 3.12. The number of alkyl halides is 2. The Bertz CT molecular complexity index is 457. The molecule has 0 unspecified atom stereocenters. The molecule has 2 aromatic rings. The number of anilines is 1. The van der Waals surface area contributed by atoms with E-state index in [1.54, 1.807) is 18.2 Å². The van der Waals surface area contributed by atoms with Gasteiger partial charge >= 0.3 is 6.61 Å². The first-order valence-corrected chi connectivity index (χ1v) is 5.14. The largest absolute Gasteiger partial charge is 0.435 e. The van der Waals surface area contributed by atoms with E-state index in [4.69, 9.17) is 0 Å². The molecule has 0 atom stereocenters. The van der Waals surface area contributed by atoms with Crippen molar-refractivity contribution in [2.75, 3.05) is 5.32 Å². The van der Waals surface area contributed by atoms with E-state index in [1.807, 2.05) is 18.5 Å². The van der Waals surface area contributed by atoms with E-state index in [9.17, 15) is 8.78 Å². The van der Waals surface area contributed by atoms with Crippen molar-refractivity contribution < 1.29 is 13.5 Å². The van der Waals surface area contributed by atoms with Crippen LogP contribution in [0.2, 0.25) is 0 Å². The average Bonchev–Trinajstić information content (AvgIpc) is 2.79. The van der Waals surface area contributed by atoms with Crippen LogP contribution in [-0.4, -0.2) is 11.6 Å². The average molecular weight is 238 g/mol. The molecule has 0 amide bonds. The van der Waals surface area contributed by atoms with Gasteiger partial charge in [0.05, 0.1) is 0 Å². The summed E-state index contributed by atoms with van der Waals surface area (Å²) in [5.41, 5.74) is 1.83. The number of nitrogens with one attached hydrogen (secondary N) is 2. The first-order valence-electron chi connectivity index (χ1n) is 5.14. The zero-order valence-corrected chi connectivity index (χ0v) is 8.99. The molecule has 2 rings (SSSR count). The zero-order chi connectivity index (χ0) is 12.1. The molecule has 0 radical (unpaired) electrons. The lowest BCUT2D eigenvalue weighted by Gasteiger charge is -2.08. The Labute approximate surface area is 97.4 Å². The maximum atomic E-state index is 12.0. The van der Waals surface area contributed by atoms with Crippen LogP contribution in [0.15, 0.2) is 42.7 Å². The van der Waals surface area contributed by atoms with Crippen molar-refractivity contribution in [1.82, 2.24) is 4.98 Å². The first-order chi connectivity index (χ1) is 8.24. The number of H-pyrrole nitrogens is 1. The second-order valence-electron chi connectivity index (χ2n) is 3.48. The Kier molecular flexibility index (Phi) is 3.59. The molecule has 0 saturated heterocycles. The minimum Gasteiger partial charge on any atom is -0.435 e. The summed E-state index contributed by atoms with van der Waals surface area (Å²) in [4.78, 5) is 2.94. The lowest BCUT2D eigenvalue weighted by Crippen LogP contribution is -2.03. The minimum absolute atomic E-state index is 0.152. The third kappa shape index (κ3) is 3.48. The van der Waals surface area contributed by atoms with Crippen LogP contribution < -0.4 is 10.1 Å². The van der Waals surface area contributed by atoms with Crippen LogP contribution in [0.5, 0.6) is 5.75 Å². The van der Waals surface area contributed by atoms with Crippen molar-refractivity contribution >= 4 is 5.69 Å². The number of hydrogen-bond acceptors (Lipinski definition) is 2. The number of aromatic amines is 1. The summed E-state index contributed by atoms with van der Waals surface area (Å²) < 4.78 is 28.3. The smallest absolute Gasteiger partial charge is 0.387 e. The predicted molar refractivity (Wildman–Crippen MR) is 61.2 cm³/mol. The first kappa shape index (κ1) is 11.4. The molecule has 0 saturated carbocycles. The number of benzene rings is 1. The summed E-state index contributed by atoms with van der Waals surface area (Å²) in [6, 6.07) is 8.43. The summed E-state index contributed by atoms with van der Waals surface area (Å²) >= 11 is 0. The van der Waals surface area contributed by atoms with Crippen LogP contribution in [0.25, 0.3) is 0 Å². The highest BCUT2D eigenvalue weighted by molar-refractivity contribution is 5.48. The molecule has 0 spiro atoms. The second kappa shape index (κ2) is 5.34. The Morgan fingerprint density at radius 3 is 2.88 bits per heavy atom. The van der Waals surface area contributed by atoms with Crippen LogP contribution in [0.1, 0.15) is 5.56 Å². The van der Waals surface area contributed by atoms with E-state index >= 15 is 0 Å². The molecule has 0 aliphatic rings. The normalized spacial score (nSPS) is 10.5. The quantitative estimate of drug-likeness (QED) is 0.839. The van der Waals surface area contributed by atoms with Gasteiger partial charge in [-0.05, 0) is 23.8 Å². The molecule has 3 nitrogen and oxygen atoms in total. The molecule has 17 heavy (non-hydrogen) atoms. The molecule has 5 heteroatoms. The SMILES string of the molecule is FC(F)Oc1cccc(NCc2cc[nH]c2)c1. The highest BCUT2D eigenvalue weighted by Crippen LogP contribution is 2.19. The fraction of sp³-hybridized carbons (Fsp3) is 0.167. The van der Waals surface area contributed by atoms with Crippen molar-refractivity contribution in [2.24, 2.45) is 0 Å². The molecule has 0 aliphatic carbocycles. The van der Waals surface area contributed by atoms with E-state index in [2.05, 4.69) is 15.0 Å². The Hall–Kier alpha value is -2.04. The molecule has 1 aromatic carbocycles. The molecular formula is C12H12F2N2O. The van der Waals surface area contributed by atoms with E-state index in [0.29, 0.717) is 6.54 Å². The fourth-order valence-electron chi connectivity index (χ4n) is 1.45. The Morgan fingerprint density at radius 1 is 1.29 bits per heavy atom. The summed E-state index contributed by atoms with van der Waals surface area (Å²) in [5.74, 6) is 0.152. The van der Waals surface area contributed by atoms with Gasteiger partial charge in [-0.15, -0.1) is 0 Å². The van der Waals surface area contributed by atoms with Gasteiger partial charge in [0.15, 0.2) is 0 Å². The van der Waals surface area contributed by atoms with E-state index in [-0.39, 0.29) is 5.75 Å². The van der Waals surface area contributed by atoms with E-state index < -0.39 is 6.61 Å². The van der Waals surface area contributed by atoms with Crippen molar-refractivity contribution in [3.05, 3.63) is 48.3 Å². The van der Waals surface area contributed by atoms with Crippen LogP contribution in [0.4, 0.5) is 14.5 Å². The molecular weight excluding hydrogens is 226 g/mol. The van der Waals surface area contributed by atoms with Crippen LogP contribution in [0, 0.1) is 0 Å². The summed E-state index contributed by atoms with van der Waals surface area (Å²) in [6.07, 6.45) is 3.69. The molecule has 0 bridgehead atoms. The maximum absolute atomic E-state index is 12.0. The van der Waals surface area contributed by atoms with Gasteiger partial charge in [-0.1, -0.05) is 6.07 Å². The van der Waals surface area contributed by atoms with Gasteiger partial charge in [-0.2, -0.15) is 8.78 Å². The molecule has 1 heterocycles. The van der Waals surface area contributed by atoms with Gasteiger partial charge in [0.25, 0.3) is 0 Å². The van der Waals surface area contributed by atoms with Gasteiger partial charge in [-0.25, -0.2) is 0 Å². The highest BCUT2D eigenvalue weighted by Gasteiger charge is 2.04. The van der Waals surface area contributed by atoms with Crippen LogP contribution >= 0.6 is 0 Å². The second-order valence-corrected chi connectivity index (χ2v) is 3.48. The van der Waals surface area contributed by atoms with Crippen molar-refractivity contribution in [1.29, 1.82) is 0 Å². The standard InChI is InChI=1S/C12H12F2N2O/c13-12(14)17-11-3-1-2-10(6-11)16-8-9-4-5-15-7-9/h1-7,12,15-16H,8H2. The van der Waals surface area contributed by atoms with Gasteiger partial charge < -0.3 is 15.0 Å². The lowest BCUT2D eigenvalue weighted by molar-refractivity contribution is -0.0498. The van der Waals surface area contributed by atoms with Crippen molar-refractivity contribution in [3.63, 3.8) is 0 Å². The zero-order valence-electron chi connectivity index (χ0n) is 8.99. The van der Waals surface area contributed by atoms with Crippen LogP contribution in [0.3, 0.4) is 0 Å². The highest BCUT2D eigenvalue weighted by atomic mass is 19.3. The predicted octanol–water partition coefficient (Wildman–Crippen LogP) is 3.23. The summed E-state index contributed by atoms with van der Waals surface area (Å²) in [6.45, 7) is -2.17. The van der Waals surface area contributed by atoms with Crippen LogP contribution in [-0.2, 0) is 6.54 Å². The Balaban J connectivity index is 1.96. The van der Waals surface area contributed by atoms with E-state index in [1.165, 1.54) is 6.07 Å². The third-order valence-electron chi connectivity index (χ3n) is 2.22. The van der Waals surface area contributed by atoms with Gasteiger partial charge in [0.1, 0.15) is 5.75 Å². The molecule has 1 aromatic heterocycles. The van der Waals surface area contributed by atoms with Gasteiger partial charge in [-0.3, -0.25) is 0 Å². The number of halogens is 2. The van der Waals surface area contributed by atoms with Crippen molar-refractivity contribution in [2.45, 2.75) is 13.2 Å². The summed E-state index contributed by atoms with van der Waals surface area (Å²) in [7, 11) is 0. The minimum atomic E-state index is -2.80. The van der Waals surface area contributed by atoms with Gasteiger partial charge in [0, 0.05) is 30.7 Å². The third-order valence-corrected chi connectivity index (χ3v) is 2.22. The number of hydrogen-bond donors (Lipinski definition) is 2.